The number of hydrogen-bond donors (Lipinski definition) is 1. The number of anilines is 1. The van der Waals surface area contributed by atoms with Crippen LogP contribution in [0.5, 0.6) is 0 Å². The van der Waals surface area contributed by atoms with Gasteiger partial charge in [0.15, 0.2) is 11.5 Å². The van der Waals surface area contributed by atoms with Crippen LogP contribution in [0.15, 0.2) is 88.8 Å². The maximum absolute atomic E-state index is 13.5. The summed E-state index contributed by atoms with van der Waals surface area (Å²) in [7, 11) is 0. The van der Waals surface area contributed by atoms with Crippen LogP contribution in [-0.4, -0.2) is 21.8 Å². The van der Waals surface area contributed by atoms with E-state index < -0.39 is 23.5 Å². The number of para-hydroxylation sites is 1. The third-order valence-corrected chi connectivity index (χ3v) is 5.96. The van der Waals surface area contributed by atoms with Crippen molar-refractivity contribution in [1.29, 1.82) is 0 Å². The number of carbonyl (C=O) groups is 2. The Morgan fingerprint density at radius 2 is 1.84 bits per heavy atom. The number of ketones is 1. The number of rotatable bonds is 4. The highest BCUT2D eigenvalue weighted by molar-refractivity contribution is 6.31. The molecule has 1 amide bonds. The summed E-state index contributed by atoms with van der Waals surface area (Å²) in [6.45, 7) is 1.85. The van der Waals surface area contributed by atoms with E-state index in [1.54, 1.807) is 60.9 Å². The quantitative estimate of drug-likeness (QED) is 0.416. The highest BCUT2D eigenvalue weighted by atomic mass is 35.5. The molecule has 7 heteroatoms. The van der Waals surface area contributed by atoms with Crippen LogP contribution in [-0.2, 0) is 4.79 Å². The number of aliphatic hydroxyl groups is 1. The number of nitrogens with zero attached hydrogens (tertiary/aromatic N) is 2. The van der Waals surface area contributed by atoms with Crippen LogP contribution in [0.25, 0.3) is 11.0 Å². The van der Waals surface area contributed by atoms with Crippen molar-refractivity contribution in [3.63, 3.8) is 0 Å². The third-order valence-electron chi connectivity index (χ3n) is 5.56. The SMILES string of the molecule is Cc1ccc(N2C(=O)C(O)=C(C(=O)c3cc4ccccc4o3)C2c2ccncc2)cc1Cl. The second-order valence-corrected chi connectivity index (χ2v) is 7.94. The Labute approximate surface area is 188 Å². The Morgan fingerprint density at radius 3 is 2.56 bits per heavy atom. The maximum Gasteiger partial charge on any atom is 0.294 e. The number of benzene rings is 2. The van der Waals surface area contributed by atoms with Crippen LogP contribution in [0.4, 0.5) is 5.69 Å². The van der Waals surface area contributed by atoms with Crippen molar-refractivity contribution in [2.45, 2.75) is 13.0 Å². The summed E-state index contributed by atoms with van der Waals surface area (Å²) in [6.07, 6.45) is 3.14. The first-order chi connectivity index (χ1) is 15.5. The zero-order chi connectivity index (χ0) is 22.4. The van der Waals surface area contributed by atoms with Crippen molar-refractivity contribution in [1.82, 2.24) is 4.98 Å². The van der Waals surface area contributed by atoms with Gasteiger partial charge in [-0.1, -0.05) is 35.9 Å². The number of fused-ring (bicyclic) bond motifs is 1. The molecule has 1 atom stereocenters. The van der Waals surface area contributed by atoms with Gasteiger partial charge in [0.05, 0.1) is 11.6 Å². The van der Waals surface area contributed by atoms with Crippen molar-refractivity contribution in [2.75, 3.05) is 4.90 Å². The minimum Gasteiger partial charge on any atom is -0.503 e. The average Bonchev–Trinajstić information content (AvgIpc) is 3.35. The fourth-order valence-corrected chi connectivity index (χ4v) is 4.10. The minimum atomic E-state index is -0.870. The Balaban J connectivity index is 1.66. The molecule has 158 valence electrons. The Morgan fingerprint density at radius 1 is 1.09 bits per heavy atom. The van der Waals surface area contributed by atoms with Crippen LogP contribution in [0.2, 0.25) is 5.02 Å². The number of Topliss-reactive ketones (excluding diaryl/α,β-unsaturated/α-hetero) is 1. The van der Waals surface area contributed by atoms with Crippen molar-refractivity contribution in [2.24, 2.45) is 0 Å². The van der Waals surface area contributed by atoms with Crippen molar-refractivity contribution < 1.29 is 19.1 Å². The van der Waals surface area contributed by atoms with Gasteiger partial charge in [-0.3, -0.25) is 19.5 Å². The van der Waals surface area contributed by atoms with Gasteiger partial charge in [-0.2, -0.15) is 0 Å². The fraction of sp³-hybridized carbons (Fsp3) is 0.0800. The van der Waals surface area contributed by atoms with Gasteiger partial charge >= 0.3 is 0 Å². The van der Waals surface area contributed by atoms with Gasteiger partial charge in [-0.25, -0.2) is 0 Å². The second-order valence-electron chi connectivity index (χ2n) is 7.53. The van der Waals surface area contributed by atoms with Crippen LogP contribution in [0.1, 0.15) is 27.7 Å². The number of amides is 1. The van der Waals surface area contributed by atoms with E-state index >= 15 is 0 Å². The molecule has 5 rings (SSSR count). The zero-order valence-corrected chi connectivity index (χ0v) is 17.7. The lowest BCUT2D eigenvalue weighted by Gasteiger charge is -2.27. The summed E-state index contributed by atoms with van der Waals surface area (Å²) in [5, 5.41) is 12.1. The van der Waals surface area contributed by atoms with Crippen LogP contribution < -0.4 is 4.90 Å². The largest absolute Gasteiger partial charge is 0.503 e. The topological polar surface area (TPSA) is 83.6 Å². The molecule has 0 spiro atoms. The van der Waals surface area contributed by atoms with E-state index in [1.165, 1.54) is 4.90 Å². The van der Waals surface area contributed by atoms with Gasteiger partial charge in [0.25, 0.3) is 5.91 Å². The molecular weight excluding hydrogens is 428 g/mol. The standard InChI is InChI=1S/C25H17ClN2O4/c1-14-6-7-17(13-18(14)26)28-22(15-8-10-27-11-9-15)21(24(30)25(28)31)23(29)20-12-16-4-2-3-5-19(16)32-20/h2-13,22,30H,1H3. The fourth-order valence-electron chi connectivity index (χ4n) is 3.92. The highest BCUT2D eigenvalue weighted by Gasteiger charge is 2.45. The number of hydrogen-bond acceptors (Lipinski definition) is 5. The number of aromatic nitrogens is 1. The zero-order valence-electron chi connectivity index (χ0n) is 16.9. The molecule has 2 aromatic heterocycles. The monoisotopic (exact) mass is 444 g/mol. The van der Waals surface area contributed by atoms with Crippen molar-refractivity contribution >= 4 is 39.9 Å². The molecule has 4 aromatic rings. The molecule has 0 saturated carbocycles. The highest BCUT2D eigenvalue weighted by Crippen LogP contribution is 2.42. The third kappa shape index (κ3) is 3.16. The van der Waals surface area contributed by atoms with E-state index in [0.29, 0.717) is 21.9 Å². The van der Waals surface area contributed by atoms with Crippen LogP contribution in [0.3, 0.4) is 0 Å². The number of halogens is 1. The summed E-state index contributed by atoms with van der Waals surface area (Å²) in [4.78, 5) is 32.1. The first-order valence-electron chi connectivity index (χ1n) is 9.91. The Hall–Kier alpha value is -3.90. The predicted octanol–water partition coefficient (Wildman–Crippen LogP) is 5.57. The van der Waals surface area contributed by atoms with E-state index in [4.69, 9.17) is 16.0 Å². The van der Waals surface area contributed by atoms with Gasteiger partial charge in [-0.05, 0) is 54.4 Å². The number of aryl methyl sites for hydroxylation is 1. The predicted molar refractivity (Wildman–Crippen MR) is 121 cm³/mol. The van der Waals surface area contributed by atoms with E-state index in [1.807, 2.05) is 19.1 Å². The Bertz CT molecular complexity index is 1380. The number of aliphatic hydroxyl groups excluding tert-OH is 1. The lowest BCUT2D eigenvalue weighted by atomic mass is 9.95. The molecule has 2 aromatic carbocycles. The molecule has 0 bridgehead atoms. The molecule has 1 N–H and O–H groups in total. The summed E-state index contributed by atoms with van der Waals surface area (Å²) in [5.74, 6) is -1.82. The van der Waals surface area contributed by atoms with E-state index in [0.717, 1.165) is 10.9 Å². The molecule has 0 aliphatic carbocycles. The second kappa shape index (κ2) is 7.66. The van der Waals surface area contributed by atoms with Gasteiger partial charge in [0, 0.05) is 28.5 Å². The molecule has 32 heavy (non-hydrogen) atoms. The van der Waals surface area contributed by atoms with Crippen molar-refractivity contribution in [3.8, 4) is 0 Å². The summed E-state index contributed by atoms with van der Waals surface area (Å²) in [5.41, 5.74) is 2.41. The summed E-state index contributed by atoms with van der Waals surface area (Å²) in [6, 6.07) is 16.5. The molecule has 3 heterocycles. The lowest BCUT2D eigenvalue weighted by molar-refractivity contribution is -0.117. The van der Waals surface area contributed by atoms with Crippen LogP contribution in [0, 0.1) is 6.92 Å². The van der Waals surface area contributed by atoms with Gasteiger partial charge < -0.3 is 9.52 Å². The molecule has 0 fully saturated rings. The molecule has 1 aliphatic rings. The van der Waals surface area contributed by atoms with E-state index in [-0.39, 0.29) is 11.3 Å². The smallest absolute Gasteiger partial charge is 0.294 e. The first-order valence-corrected chi connectivity index (χ1v) is 10.3. The molecule has 0 radical (unpaired) electrons. The normalized spacial score (nSPS) is 16.2. The summed E-state index contributed by atoms with van der Waals surface area (Å²) >= 11 is 6.30. The average molecular weight is 445 g/mol. The maximum atomic E-state index is 13.5. The minimum absolute atomic E-state index is 0.0448. The molecule has 1 aliphatic heterocycles. The molecule has 1 unspecified atom stereocenters. The lowest BCUT2D eigenvalue weighted by Crippen LogP contribution is -2.31. The van der Waals surface area contributed by atoms with Crippen molar-refractivity contribution in [3.05, 3.63) is 106 Å². The van der Waals surface area contributed by atoms with Gasteiger partial charge in [0.2, 0.25) is 5.78 Å². The van der Waals surface area contributed by atoms with E-state index in [2.05, 4.69) is 4.98 Å². The number of pyridine rings is 1. The summed E-state index contributed by atoms with van der Waals surface area (Å²) < 4.78 is 5.73. The molecule has 0 saturated heterocycles. The Kier molecular flexibility index (Phi) is 4.79. The molecular formula is C25H17ClN2O4. The molecule has 6 nitrogen and oxygen atoms in total. The van der Waals surface area contributed by atoms with Crippen LogP contribution >= 0.6 is 11.6 Å². The van der Waals surface area contributed by atoms with E-state index in [9.17, 15) is 14.7 Å². The number of furan rings is 1. The number of carbonyl (C=O) groups excluding carboxylic acids is 2. The van der Waals surface area contributed by atoms with Gasteiger partial charge in [-0.15, -0.1) is 0 Å². The first kappa shape index (κ1) is 20.0. The van der Waals surface area contributed by atoms with Gasteiger partial charge in [0.1, 0.15) is 5.58 Å².